The van der Waals surface area contributed by atoms with Crippen molar-refractivity contribution in [1.82, 2.24) is 0 Å². The van der Waals surface area contributed by atoms with E-state index in [1.807, 2.05) is 13.0 Å². The zero-order chi connectivity index (χ0) is 23.4. The van der Waals surface area contributed by atoms with E-state index in [9.17, 15) is 26.7 Å². The van der Waals surface area contributed by atoms with Gasteiger partial charge in [0, 0.05) is 11.1 Å². The average molecular weight is 448 g/mol. The number of hydrogen-bond acceptors (Lipinski definition) is 3. The van der Waals surface area contributed by atoms with E-state index in [1.54, 1.807) is 24.3 Å². The van der Waals surface area contributed by atoms with Gasteiger partial charge in [-0.3, -0.25) is 4.79 Å². The molecule has 0 aromatic heterocycles. The van der Waals surface area contributed by atoms with E-state index in [-0.39, 0.29) is 17.1 Å². The Labute approximate surface area is 180 Å². The molecule has 0 fully saturated rings. The molecule has 0 radical (unpaired) electrons. The molecule has 0 aliphatic heterocycles. The smallest absolute Gasteiger partial charge is 0.207 e. The first kappa shape index (κ1) is 23.0. The van der Waals surface area contributed by atoms with Crippen LogP contribution in [0, 0.1) is 36.0 Å². The topological polar surface area (TPSA) is 35.5 Å². The standard InChI is InChI=1S/C24H17F5O3/c1-13-4-3-5-15(10-13)17(30)8-6-14-7-9-18(31-2)16(11-14)12-32-24-22(28)20(26)19(25)21(27)23(24)29/h3-11H,12H2,1-2H3/b8-6+. The normalized spacial score (nSPS) is 11.1. The van der Waals surface area contributed by atoms with Crippen LogP contribution in [0.2, 0.25) is 0 Å². The molecule has 8 heteroatoms. The minimum Gasteiger partial charge on any atom is -0.496 e. The van der Waals surface area contributed by atoms with Crippen molar-refractivity contribution in [2.45, 2.75) is 13.5 Å². The lowest BCUT2D eigenvalue weighted by Crippen LogP contribution is -2.07. The highest BCUT2D eigenvalue weighted by Gasteiger charge is 2.27. The van der Waals surface area contributed by atoms with Crippen LogP contribution < -0.4 is 9.47 Å². The first-order valence-corrected chi connectivity index (χ1v) is 9.33. The Hall–Kier alpha value is -3.68. The van der Waals surface area contributed by atoms with E-state index in [1.165, 1.54) is 31.4 Å². The molecule has 0 saturated carbocycles. The van der Waals surface area contributed by atoms with Gasteiger partial charge in [-0.05, 0) is 36.8 Å². The summed E-state index contributed by atoms with van der Waals surface area (Å²) in [7, 11) is 1.34. The van der Waals surface area contributed by atoms with Gasteiger partial charge in [0.2, 0.25) is 29.1 Å². The third-order valence-corrected chi connectivity index (χ3v) is 4.58. The number of ether oxygens (including phenoxy) is 2. The van der Waals surface area contributed by atoms with Gasteiger partial charge in [-0.15, -0.1) is 0 Å². The average Bonchev–Trinajstić information content (AvgIpc) is 2.80. The summed E-state index contributed by atoms with van der Waals surface area (Å²) < 4.78 is 77.7. The number of aryl methyl sites for hydroxylation is 1. The predicted molar refractivity (Wildman–Crippen MR) is 108 cm³/mol. The molecule has 3 aromatic carbocycles. The second-order valence-electron chi connectivity index (χ2n) is 6.83. The van der Waals surface area contributed by atoms with Crippen LogP contribution in [0.5, 0.6) is 11.5 Å². The van der Waals surface area contributed by atoms with Crippen molar-refractivity contribution in [2.24, 2.45) is 0 Å². The molecule has 0 amide bonds. The highest BCUT2D eigenvalue weighted by molar-refractivity contribution is 6.06. The molecular formula is C24H17F5O3. The number of ketones is 1. The zero-order valence-corrected chi connectivity index (χ0v) is 17.0. The SMILES string of the molecule is COc1ccc(/C=C/C(=O)c2cccc(C)c2)cc1COc1c(F)c(F)c(F)c(F)c1F. The Kier molecular flexibility index (Phi) is 6.92. The number of hydrogen-bond donors (Lipinski definition) is 0. The van der Waals surface area contributed by atoms with Crippen LogP contribution in [0.15, 0.2) is 48.5 Å². The number of methoxy groups -OCH3 is 1. The van der Waals surface area contributed by atoms with E-state index < -0.39 is 41.4 Å². The van der Waals surface area contributed by atoms with Gasteiger partial charge in [-0.25, -0.2) is 13.2 Å². The molecule has 3 aromatic rings. The largest absolute Gasteiger partial charge is 0.496 e. The summed E-state index contributed by atoms with van der Waals surface area (Å²) in [4.78, 5) is 12.3. The Morgan fingerprint density at radius 3 is 2.19 bits per heavy atom. The van der Waals surface area contributed by atoms with E-state index in [4.69, 9.17) is 9.47 Å². The second kappa shape index (κ2) is 9.64. The molecule has 3 nitrogen and oxygen atoms in total. The molecule has 0 bridgehead atoms. The van der Waals surface area contributed by atoms with Gasteiger partial charge in [0.15, 0.2) is 11.5 Å². The maximum absolute atomic E-state index is 13.8. The van der Waals surface area contributed by atoms with Crippen molar-refractivity contribution >= 4 is 11.9 Å². The molecule has 0 heterocycles. The first-order valence-electron chi connectivity index (χ1n) is 9.33. The zero-order valence-electron chi connectivity index (χ0n) is 17.0. The fraction of sp³-hybridized carbons (Fsp3) is 0.125. The molecule has 0 aliphatic rings. The minimum absolute atomic E-state index is 0.233. The molecule has 0 spiro atoms. The Morgan fingerprint density at radius 2 is 1.56 bits per heavy atom. The summed E-state index contributed by atoms with van der Waals surface area (Å²) in [6, 6.07) is 11.7. The molecule has 0 aliphatic carbocycles. The van der Waals surface area contributed by atoms with Gasteiger partial charge >= 0.3 is 0 Å². The van der Waals surface area contributed by atoms with Gasteiger partial charge in [-0.1, -0.05) is 35.9 Å². The predicted octanol–water partition coefficient (Wildman–Crippen LogP) is 6.17. The molecule has 32 heavy (non-hydrogen) atoms. The fourth-order valence-corrected chi connectivity index (χ4v) is 2.94. The van der Waals surface area contributed by atoms with E-state index in [0.717, 1.165) is 5.56 Å². The van der Waals surface area contributed by atoms with Crippen molar-refractivity contribution in [3.05, 3.63) is 99.9 Å². The monoisotopic (exact) mass is 448 g/mol. The Balaban J connectivity index is 1.84. The Bertz CT molecular complexity index is 1180. The third kappa shape index (κ3) is 4.80. The summed E-state index contributed by atoms with van der Waals surface area (Å²) in [5.74, 6) is -12.0. The second-order valence-corrected chi connectivity index (χ2v) is 6.83. The molecule has 166 valence electrons. The summed E-state index contributed by atoms with van der Waals surface area (Å²) in [6.07, 6.45) is 2.87. The fourth-order valence-electron chi connectivity index (χ4n) is 2.94. The maximum Gasteiger partial charge on any atom is 0.207 e. The molecule has 0 N–H and O–H groups in total. The summed E-state index contributed by atoms with van der Waals surface area (Å²) in [5.41, 5.74) is 2.23. The van der Waals surface area contributed by atoms with Crippen LogP contribution in [-0.2, 0) is 6.61 Å². The van der Waals surface area contributed by atoms with E-state index in [2.05, 4.69) is 0 Å². The molecular weight excluding hydrogens is 431 g/mol. The number of allylic oxidation sites excluding steroid dienone is 1. The van der Waals surface area contributed by atoms with Crippen LogP contribution in [-0.4, -0.2) is 12.9 Å². The minimum atomic E-state index is -2.27. The maximum atomic E-state index is 13.8. The van der Waals surface area contributed by atoms with Crippen LogP contribution in [0.3, 0.4) is 0 Å². The summed E-state index contributed by atoms with van der Waals surface area (Å²) in [6.45, 7) is 1.32. The Morgan fingerprint density at radius 1 is 0.906 bits per heavy atom. The molecule has 0 saturated heterocycles. The van der Waals surface area contributed by atoms with Crippen LogP contribution in [0.25, 0.3) is 6.08 Å². The van der Waals surface area contributed by atoms with Gasteiger partial charge in [0.25, 0.3) is 0 Å². The van der Waals surface area contributed by atoms with Crippen LogP contribution >= 0.6 is 0 Å². The van der Waals surface area contributed by atoms with Gasteiger partial charge < -0.3 is 9.47 Å². The van der Waals surface area contributed by atoms with Crippen LogP contribution in [0.4, 0.5) is 22.0 Å². The highest BCUT2D eigenvalue weighted by atomic mass is 19.2. The van der Waals surface area contributed by atoms with Crippen molar-refractivity contribution < 1.29 is 36.2 Å². The van der Waals surface area contributed by atoms with Crippen molar-refractivity contribution in [3.8, 4) is 11.5 Å². The summed E-state index contributed by atoms with van der Waals surface area (Å²) in [5, 5.41) is 0. The highest BCUT2D eigenvalue weighted by Crippen LogP contribution is 2.31. The van der Waals surface area contributed by atoms with E-state index in [0.29, 0.717) is 11.1 Å². The molecule has 3 rings (SSSR count). The quantitative estimate of drug-likeness (QED) is 0.143. The van der Waals surface area contributed by atoms with E-state index >= 15 is 0 Å². The van der Waals surface area contributed by atoms with Gasteiger partial charge in [0.1, 0.15) is 12.4 Å². The number of halogens is 5. The van der Waals surface area contributed by atoms with Crippen molar-refractivity contribution in [3.63, 3.8) is 0 Å². The third-order valence-electron chi connectivity index (χ3n) is 4.58. The number of rotatable bonds is 7. The number of benzene rings is 3. The summed E-state index contributed by atoms with van der Waals surface area (Å²) >= 11 is 0. The lowest BCUT2D eigenvalue weighted by molar-refractivity contribution is 0.104. The number of carbonyl (C=O) groups excluding carboxylic acids is 1. The van der Waals surface area contributed by atoms with Gasteiger partial charge in [0.05, 0.1) is 7.11 Å². The van der Waals surface area contributed by atoms with Crippen LogP contribution in [0.1, 0.15) is 27.0 Å². The number of carbonyl (C=O) groups is 1. The lowest BCUT2D eigenvalue weighted by atomic mass is 10.1. The van der Waals surface area contributed by atoms with Gasteiger partial charge in [-0.2, -0.15) is 8.78 Å². The lowest BCUT2D eigenvalue weighted by Gasteiger charge is -2.13. The first-order chi connectivity index (χ1) is 15.2. The van der Waals surface area contributed by atoms with Crippen molar-refractivity contribution in [1.29, 1.82) is 0 Å². The molecule has 0 unspecified atom stereocenters. The molecule has 0 atom stereocenters. The van der Waals surface area contributed by atoms with Crippen molar-refractivity contribution in [2.75, 3.05) is 7.11 Å².